The Balaban J connectivity index is 2.50. The van der Waals surface area contributed by atoms with Crippen molar-refractivity contribution in [2.24, 2.45) is 0 Å². The van der Waals surface area contributed by atoms with Gasteiger partial charge in [-0.1, -0.05) is 50.5 Å². The van der Waals surface area contributed by atoms with Gasteiger partial charge in [0.05, 0.1) is 11.5 Å². The maximum absolute atomic E-state index is 11.8. The van der Waals surface area contributed by atoms with Crippen molar-refractivity contribution in [1.29, 1.82) is 0 Å². The summed E-state index contributed by atoms with van der Waals surface area (Å²) in [4.78, 5) is 10.5. The lowest BCUT2D eigenvalue weighted by Gasteiger charge is -2.04. The molecule has 0 aliphatic rings. The van der Waals surface area contributed by atoms with Crippen molar-refractivity contribution in [3.63, 3.8) is 0 Å². The van der Waals surface area contributed by atoms with Crippen LogP contribution in [0, 0.1) is 0 Å². The molecule has 0 saturated heterocycles. The third kappa shape index (κ3) is 5.45. The second kappa shape index (κ2) is 7.31. The fourth-order valence-electron chi connectivity index (χ4n) is 1.77. The van der Waals surface area contributed by atoms with Crippen LogP contribution in [0.25, 0.3) is 0 Å². The van der Waals surface area contributed by atoms with E-state index in [0.29, 0.717) is 5.56 Å². The Labute approximate surface area is 109 Å². The van der Waals surface area contributed by atoms with E-state index in [4.69, 9.17) is 0 Å². The Bertz CT molecular complexity index is 460. The van der Waals surface area contributed by atoms with Crippen LogP contribution in [0.5, 0.6) is 0 Å². The summed E-state index contributed by atoms with van der Waals surface area (Å²) in [5.74, 6) is 0.320. The summed E-state index contributed by atoms with van der Waals surface area (Å²) in [6.45, 7) is 2.10. The van der Waals surface area contributed by atoms with Gasteiger partial charge in [-0.15, -0.1) is 0 Å². The molecule has 0 fully saturated rings. The highest BCUT2D eigenvalue weighted by molar-refractivity contribution is 7.90. The highest BCUT2D eigenvalue weighted by atomic mass is 32.2. The molecule has 1 aromatic carbocycles. The number of hydrogen-bond donors (Lipinski definition) is 0. The lowest BCUT2D eigenvalue weighted by Crippen LogP contribution is -2.09. The van der Waals surface area contributed by atoms with Crippen LogP contribution in [-0.2, 0) is 15.6 Å². The number of carbonyl (C=O) groups excluding carboxylic acids is 1. The summed E-state index contributed by atoms with van der Waals surface area (Å²) >= 11 is 0. The minimum atomic E-state index is -3.02. The van der Waals surface area contributed by atoms with Gasteiger partial charge in [0.1, 0.15) is 6.29 Å². The Kier molecular flexibility index (Phi) is 6.05. The summed E-state index contributed by atoms with van der Waals surface area (Å²) in [6.07, 6.45) is 4.65. The Morgan fingerprint density at radius 3 is 2.28 bits per heavy atom. The highest BCUT2D eigenvalue weighted by Crippen LogP contribution is 2.10. The summed E-state index contributed by atoms with van der Waals surface area (Å²) < 4.78 is 23.7. The lowest BCUT2D eigenvalue weighted by atomic mass is 10.2. The van der Waals surface area contributed by atoms with E-state index in [2.05, 4.69) is 6.92 Å². The third-order valence-corrected chi connectivity index (χ3v) is 4.50. The molecular weight excluding hydrogens is 248 g/mol. The van der Waals surface area contributed by atoms with Crippen molar-refractivity contribution in [2.45, 2.75) is 38.4 Å². The van der Waals surface area contributed by atoms with Crippen LogP contribution in [0.3, 0.4) is 0 Å². The van der Waals surface area contributed by atoms with Crippen molar-refractivity contribution in [1.82, 2.24) is 0 Å². The molecule has 0 bridgehead atoms. The number of hydrogen-bond acceptors (Lipinski definition) is 3. The van der Waals surface area contributed by atoms with Crippen LogP contribution in [0.15, 0.2) is 24.3 Å². The zero-order valence-corrected chi connectivity index (χ0v) is 11.6. The minimum absolute atomic E-state index is 0.0677. The van der Waals surface area contributed by atoms with E-state index in [1.807, 2.05) is 0 Å². The van der Waals surface area contributed by atoms with Gasteiger partial charge in [-0.2, -0.15) is 0 Å². The van der Waals surface area contributed by atoms with Crippen LogP contribution in [0.4, 0.5) is 0 Å². The van der Waals surface area contributed by atoms with Crippen molar-refractivity contribution in [3.8, 4) is 0 Å². The largest absolute Gasteiger partial charge is 0.298 e. The molecule has 18 heavy (non-hydrogen) atoms. The second-order valence-corrected chi connectivity index (χ2v) is 6.70. The van der Waals surface area contributed by atoms with Crippen molar-refractivity contribution in [3.05, 3.63) is 35.4 Å². The van der Waals surface area contributed by atoms with Gasteiger partial charge >= 0.3 is 0 Å². The molecule has 4 heteroatoms. The van der Waals surface area contributed by atoms with Gasteiger partial charge in [0, 0.05) is 5.56 Å². The van der Waals surface area contributed by atoms with Crippen molar-refractivity contribution >= 4 is 16.1 Å². The molecule has 0 unspecified atom stereocenters. The standard InChI is InChI=1S/C14H20O3S/c1-2-3-4-5-10-18(16,17)12-14-8-6-13(11-15)7-9-14/h6-9,11H,2-5,10,12H2,1H3. The number of sulfone groups is 1. The van der Waals surface area contributed by atoms with Crippen LogP contribution >= 0.6 is 0 Å². The summed E-state index contributed by atoms with van der Waals surface area (Å²) in [5.41, 5.74) is 1.31. The van der Waals surface area contributed by atoms with E-state index >= 15 is 0 Å². The van der Waals surface area contributed by atoms with E-state index in [1.165, 1.54) is 0 Å². The molecule has 0 aliphatic carbocycles. The van der Waals surface area contributed by atoms with Gasteiger partial charge in [-0.25, -0.2) is 8.42 Å². The molecule has 0 aromatic heterocycles. The summed E-state index contributed by atoms with van der Waals surface area (Å²) in [5, 5.41) is 0. The predicted octanol–water partition coefficient (Wildman–Crippen LogP) is 2.99. The molecule has 0 N–H and O–H groups in total. The summed E-state index contributed by atoms with van der Waals surface area (Å²) in [6, 6.07) is 6.70. The van der Waals surface area contributed by atoms with Gasteiger partial charge in [0.25, 0.3) is 0 Å². The molecule has 0 aliphatic heterocycles. The normalized spacial score (nSPS) is 11.4. The first-order valence-corrected chi connectivity index (χ1v) is 8.14. The van der Waals surface area contributed by atoms with Gasteiger partial charge in [0.15, 0.2) is 9.84 Å². The Morgan fingerprint density at radius 2 is 1.72 bits per heavy atom. The van der Waals surface area contributed by atoms with E-state index < -0.39 is 9.84 Å². The van der Waals surface area contributed by atoms with E-state index in [0.717, 1.165) is 37.5 Å². The molecule has 0 radical (unpaired) electrons. The van der Waals surface area contributed by atoms with Crippen LogP contribution in [0.1, 0.15) is 48.5 Å². The maximum atomic E-state index is 11.8. The number of rotatable bonds is 8. The average Bonchev–Trinajstić information content (AvgIpc) is 2.35. The quantitative estimate of drug-likeness (QED) is 0.538. The molecule has 0 saturated carbocycles. The molecule has 100 valence electrons. The first-order valence-electron chi connectivity index (χ1n) is 6.32. The molecule has 0 heterocycles. The highest BCUT2D eigenvalue weighted by Gasteiger charge is 2.11. The first-order chi connectivity index (χ1) is 8.57. The molecule has 3 nitrogen and oxygen atoms in total. The zero-order valence-electron chi connectivity index (χ0n) is 10.8. The van der Waals surface area contributed by atoms with Crippen molar-refractivity contribution < 1.29 is 13.2 Å². The van der Waals surface area contributed by atoms with Crippen molar-refractivity contribution in [2.75, 3.05) is 5.75 Å². The van der Waals surface area contributed by atoms with Crippen LogP contribution in [0.2, 0.25) is 0 Å². The third-order valence-electron chi connectivity index (χ3n) is 2.81. The number of carbonyl (C=O) groups is 1. The zero-order chi connectivity index (χ0) is 13.4. The Morgan fingerprint density at radius 1 is 1.06 bits per heavy atom. The monoisotopic (exact) mass is 268 g/mol. The van der Waals surface area contributed by atoms with E-state index in [1.54, 1.807) is 24.3 Å². The number of unbranched alkanes of at least 4 members (excludes halogenated alkanes) is 3. The van der Waals surface area contributed by atoms with E-state index in [-0.39, 0.29) is 11.5 Å². The number of benzene rings is 1. The van der Waals surface area contributed by atoms with Gasteiger partial charge in [0.2, 0.25) is 0 Å². The van der Waals surface area contributed by atoms with Crippen LogP contribution < -0.4 is 0 Å². The predicted molar refractivity (Wildman–Crippen MR) is 73.5 cm³/mol. The molecule has 0 amide bonds. The fourth-order valence-corrected chi connectivity index (χ4v) is 3.26. The Hall–Kier alpha value is -1.16. The second-order valence-electron chi connectivity index (χ2n) is 4.51. The molecule has 1 rings (SSSR count). The lowest BCUT2D eigenvalue weighted by molar-refractivity contribution is 0.112. The first kappa shape index (κ1) is 14.9. The molecule has 1 aromatic rings. The fraction of sp³-hybridized carbons (Fsp3) is 0.500. The van der Waals surface area contributed by atoms with Gasteiger partial charge in [-0.3, -0.25) is 4.79 Å². The van der Waals surface area contributed by atoms with Gasteiger partial charge in [-0.05, 0) is 12.0 Å². The van der Waals surface area contributed by atoms with E-state index in [9.17, 15) is 13.2 Å². The van der Waals surface area contributed by atoms with Gasteiger partial charge < -0.3 is 0 Å². The maximum Gasteiger partial charge on any atom is 0.154 e. The SMILES string of the molecule is CCCCCCS(=O)(=O)Cc1ccc(C=O)cc1. The topological polar surface area (TPSA) is 51.2 Å². The smallest absolute Gasteiger partial charge is 0.154 e. The minimum Gasteiger partial charge on any atom is -0.298 e. The summed E-state index contributed by atoms with van der Waals surface area (Å²) in [7, 11) is -3.02. The van der Waals surface area contributed by atoms with Crippen LogP contribution in [-0.4, -0.2) is 20.5 Å². The molecule has 0 spiro atoms. The molecular formula is C14H20O3S. The molecule has 0 atom stereocenters. The average molecular weight is 268 g/mol. The number of aldehydes is 1.